The summed E-state index contributed by atoms with van der Waals surface area (Å²) in [4.78, 5) is 20.9. The van der Waals surface area contributed by atoms with Gasteiger partial charge in [-0.1, -0.05) is 48.5 Å². The van der Waals surface area contributed by atoms with Gasteiger partial charge < -0.3 is 14.9 Å². The number of aliphatic hydroxyl groups is 1. The topological polar surface area (TPSA) is 86.1 Å². The number of ether oxygens (including phenoxy) is 1. The number of pyridine rings is 1. The van der Waals surface area contributed by atoms with Gasteiger partial charge in [0.15, 0.2) is 0 Å². The van der Waals surface area contributed by atoms with Gasteiger partial charge >= 0.3 is 18.3 Å². The maximum Gasteiger partial charge on any atom is 0.430 e. The van der Waals surface area contributed by atoms with Gasteiger partial charge in [-0.05, 0) is 41.3 Å². The molecule has 238 valence electrons. The molecule has 1 saturated heterocycles. The van der Waals surface area contributed by atoms with Gasteiger partial charge in [0.2, 0.25) is 0 Å². The Kier molecular flexibility index (Phi) is 10.0. The molecule has 1 aromatic heterocycles. The van der Waals surface area contributed by atoms with Crippen LogP contribution in [0.1, 0.15) is 30.0 Å². The van der Waals surface area contributed by atoms with Crippen molar-refractivity contribution in [2.75, 3.05) is 32.8 Å². The quantitative estimate of drug-likeness (QED) is 0.211. The molecule has 1 unspecified atom stereocenters. The fourth-order valence-electron chi connectivity index (χ4n) is 5.48. The van der Waals surface area contributed by atoms with Crippen molar-refractivity contribution in [1.29, 1.82) is 0 Å². The van der Waals surface area contributed by atoms with Crippen LogP contribution < -0.4 is 0 Å². The van der Waals surface area contributed by atoms with Crippen molar-refractivity contribution in [3.63, 3.8) is 0 Å². The first-order valence-electron chi connectivity index (χ1n) is 13.9. The smallest absolute Gasteiger partial charge is 0.430 e. The van der Waals surface area contributed by atoms with E-state index in [4.69, 9.17) is 4.74 Å². The molecule has 1 fully saturated rings. The average Bonchev–Trinajstić information content (AvgIpc) is 2.98. The number of halogens is 6. The standard InChI is InChI=1S/C31H33F6N3O4/c1-2-44-18-13-28(27(41)42)21-39(19-23-11-14-38-15-12-23)16-17-40(28)20-22-3-5-24(6-4-22)25-7-9-26(10-8-25)29(43,30(32,33)34)31(35,36)37/h3-12,14-15,43H,2,13,16-21H2,1H3,(H,41,42). The summed E-state index contributed by atoms with van der Waals surface area (Å²) >= 11 is 0. The maximum absolute atomic E-state index is 13.2. The number of nitrogens with zero attached hydrogens (tertiary/aromatic N) is 3. The van der Waals surface area contributed by atoms with E-state index in [1.165, 1.54) is 0 Å². The fraction of sp³-hybridized carbons (Fsp3) is 0.419. The third-order valence-electron chi connectivity index (χ3n) is 7.98. The number of aliphatic carboxylic acids is 1. The van der Waals surface area contributed by atoms with E-state index in [1.807, 2.05) is 24.0 Å². The summed E-state index contributed by atoms with van der Waals surface area (Å²) in [7, 11) is 0. The van der Waals surface area contributed by atoms with E-state index in [9.17, 15) is 41.4 Å². The third kappa shape index (κ3) is 6.90. The van der Waals surface area contributed by atoms with Crippen LogP contribution in [0.15, 0.2) is 73.1 Å². The number of alkyl halides is 6. The summed E-state index contributed by atoms with van der Waals surface area (Å²) < 4.78 is 84.9. The SMILES string of the molecule is CCOCCC1(C(=O)O)CN(Cc2ccncc2)CCN1Cc1ccc(-c2ccc(C(O)(C(F)(F)F)C(F)(F)F)cc2)cc1. The average molecular weight is 626 g/mol. The molecule has 0 radical (unpaired) electrons. The summed E-state index contributed by atoms with van der Waals surface area (Å²) in [5.41, 5.74) is -4.91. The van der Waals surface area contributed by atoms with Crippen LogP contribution in [0.4, 0.5) is 26.3 Å². The number of rotatable bonds is 11. The number of aromatic nitrogens is 1. The molecule has 0 bridgehead atoms. The molecule has 2 heterocycles. The number of hydrogen-bond donors (Lipinski definition) is 2. The highest BCUT2D eigenvalue weighted by Crippen LogP contribution is 2.50. The first-order chi connectivity index (χ1) is 20.7. The number of piperazine rings is 1. The van der Waals surface area contributed by atoms with E-state index in [1.54, 1.807) is 36.7 Å². The minimum Gasteiger partial charge on any atom is -0.480 e. The number of carboxylic acids is 1. The number of benzene rings is 2. The molecule has 4 rings (SSSR count). The first-order valence-corrected chi connectivity index (χ1v) is 13.9. The molecule has 1 aliphatic rings. The van der Waals surface area contributed by atoms with Crippen molar-refractivity contribution in [3.05, 3.63) is 89.7 Å². The Hall–Kier alpha value is -3.52. The monoisotopic (exact) mass is 625 g/mol. The predicted molar refractivity (Wildman–Crippen MR) is 149 cm³/mol. The molecule has 1 aliphatic heterocycles. The number of hydrogen-bond acceptors (Lipinski definition) is 6. The molecule has 3 aromatic rings. The zero-order valence-electron chi connectivity index (χ0n) is 23.9. The van der Waals surface area contributed by atoms with Crippen LogP contribution in [0.2, 0.25) is 0 Å². The lowest BCUT2D eigenvalue weighted by Gasteiger charge is -2.48. The van der Waals surface area contributed by atoms with Crippen LogP contribution in [0, 0.1) is 0 Å². The van der Waals surface area contributed by atoms with Crippen molar-refractivity contribution in [2.45, 2.75) is 49.9 Å². The third-order valence-corrected chi connectivity index (χ3v) is 7.98. The highest BCUT2D eigenvalue weighted by Gasteiger charge is 2.71. The van der Waals surface area contributed by atoms with E-state index < -0.39 is 35.0 Å². The molecule has 2 N–H and O–H groups in total. The molecule has 7 nitrogen and oxygen atoms in total. The van der Waals surface area contributed by atoms with Crippen molar-refractivity contribution in [1.82, 2.24) is 14.8 Å². The van der Waals surface area contributed by atoms with E-state index >= 15 is 0 Å². The van der Waals surface area contributed by atoms with Gasteiger partial charge in [-0.3, -0.25) is 19.6 Å². The Bertz CT molecular complexity index is 1370. The first kappa shape index (κ1) is 33.4. The van der Waals surface area contributed by atoms with Crippen molar-refractivity contribution in [3.8, 4) is 11.1 Å². The normalized spacial score (nSPS) is 18.8. The van der Waals surface area contributed by atoms with Gasteiger partial charge in [0.05, 0.1) is 0 Å². The van der Waals surface area contributed by atoms with E-state index in [0.29, 0.717) is 56.0 Å². The van der Waals surface area contributed by atoms with Gasteiger partial charge in [0.1, 0.15) is 5.54 Å². The van der Waals surface area contributed by atoms with Crippen molar-refractivity contribution < 1.29 is 46.1 Å². The minimum atomic E-state index is -5.97. The predicted octanol–water partition coefficient (Wildman–Crippen LogP) is 5.63. The highest BCUT2D eigenvalue weighted by molar-refractivity contribution is 5.79. The van der Waals surface area contributed by atoms with Crippen LogP contribution in [0.3, 0.4) is 0 Å². The van der Waals surface area contributed by atoms with E-state index in [-0.39, 0.29) is 19.6 Å². The Morgan fingerprint density at radius 3 is 1.93 bits per heavy atom. The Balaban J connectivity index is 1.53. The molecular weight excluding hydrogens is 592 g/mol. The largest absolute Gasteiger partial charge is 0.480 e. The van der Waals surface area contributed by atoms with E-state index in [2.05, 4.69) is 9.88 Å². The molecule has 13 heteroatoms. The fourth-order valence-corrected chi connectivity index (χ4v) is 5.48. The molecule has 0 aliphatic carbocycles. The molecule has 0 spiro atoms. The number of carboxylic acid groups (broad SMARTS) is 1. The van der Waals surface area contributed by atoms with Crippen LogP contribution in [0.5, 0.6) is 0 Å². The number of carbonyl (C=O) groups is 1. The van der Waals surface area contributed by atoms with Gasteiger partial charge in [-0.15, -0.1) is 0 Å². The summed E-state index contributed by atoms with van der Waals surface area (Å²) in [5.74, 6) is -0.967. The van der Waals surface area contributed by atoms with Gasteiger partial charge in [-0.25, -0.2) is 0 Å². The lowest BCUT2D eigenvalue weighted by molar-refractivity contribution is -0.376. The van der Waals surface area contributed by atoms with Crippen molar-refractivity contribution in [2.24, 2.45) is 0 Å². The molecule has 1 atom stereocenters. The summed E-state index contributed by atoms with van der Waals surface area (Å²) in [5, 5.41) is 20.1. The van der Waals surface area contributed by atoms with Crippen LogP contribution in [0.25, 0.3) is 11.1 Å². The van der Waals surface area contributed by atoms with Crippen LogP contribution in [-0.2, 0) is 28.2 Å². The molecule has 44 heavy (non-hydrogen) atoms. The second kappa shape index (κ2) is 13.2. The summed E-state index contributed by atoms with van der Waals surface area (Å²) in [6, 6.07) is 13.9. The zero-order chi connectivity index (χ0) is 32.2. The second-order valence-electron chi connectivity index (χ2n) is 10.8. The molecule has 0 saturated carbocycles. The van der Waals surface area contributed by atoms with Crippen LogP contribution in [-0.4, -0.2) is 81.7 Å². The minimum absolute atomic E-state index is 0.259. The van der Waals surface area contributed by atoms with Gasteiger partial charge in [0.25, 0.3) is 5.60 Å². The maximum atomic E-state index is 13.2. The Morgan fingerprint density at radius 1 is 0.864 bits per heavy atom. The zero-order valence-corrected chi connectivity index (χ0v) is 23.9. The van der Waals surface area contributed by atoms with Gasteiger partial charge in [0, 0.05) is 70.3 Å². The lowest BCUT2D eigenvalue weighted by atomic mass is 9.88. The Labute approximate surface area is 250 Å². The van der Waals surface area contributed by atoms with Gasteiger partial charge in [-0.2, -0.15) is 26.3 Å². The van der Waals surface area contributed by atoms with Crippen LogP contribution >= 0.6 is 0 Å². The highest BCUT2D eigenvalue weighted by atomic mass is 19.4. The Morgan fingerprint density at radius 2 is 1.41 bits per heavy atom. The molecule has 2 aromatic carbocycles. The molecular formula is C31H33F6N3O4. The van der Waals surface area contributed by atoms with Crippen molar-refractivity contribution >= 4 is 5.97 Å². The van der Waals surface area contributed by atoms with E-state index in [0.717, 1.165) is 23.3 Å². The summed E-state index contributed by atoms with van der Waals surface area (Å²) in [6.07, 6.45) is -8.29. The molecule has 0 amide bonds. The lowest BCUT2D eigenvalue weighted by Crippen LogP contribution is -2.66. The second-order valence-corrected chi connectivity index (χ2v) is 10.8. The summed E-state index contributed by atoms with van der Waals surface area (Å²) in [6.45, 7) is 4.77.